The average Bonchev–Trinajstić information content (AvgIpc) is 1.99. The molecule has 0 aliphatic carbocycles. The molecule has 0 aliphatic rings. The summed E-state index contributed by atoms with van der Waals surface area (Å²) in [4.78, 5) is 0. The van der Waals surface area contributed by atoms with E-state index in [1.54, 1.807) is 0 Å². The van der Waals surface area contributed by atoms with Gasteiger partial charge in [0, 0.05) is 18.1 Å². The lowest BCUT2D eigenvalue weighted by molar-refractivity contribution is 0.402. The topological polar surface area (TPSA) is 72.2 Å². The predicted molar refractivity (Wildman–Crippen MR) is 59.5 cm³/mol. The minimum absolute atomic E-state index is 0.233. The van der Waals surface area contributed by atoms with E-state index in [2.05, 4.69) is 19.3 Å². The standard InChI is InChI=1S/C9H22N2O2S/c1-8(2)7-9(11-10)5-4-6-14(3,12)13/h8-9,11H,4-7,10H2,1-3H3. The van der Waals surface area contributed by atoms with E-state index in [9.17, 15) is 8.42 Å². The number of hydrogen-bond donors (Lipinski definition) is 2. The molecular formula is C9H22N2O2S. The molecule has 0 spiro atoms. The van der Waals surface area contributed by atoms with E-state index in [0.717, 1.165) is 12.8 Å². The number of rotatable bonds is 7. The van der Waals surface area contributed by atoms with Gasteiger partial charge < -0.3 is 0 Å². The van der Waals surface area contributed by atoms with Gasteiger partial charge in [0.05, 0.1) is 0 Å². The Kier molecular flexibility index (Phi) is 6.31. The van der Waals surface area contributed by atoms with E-state index >= 15 is 0 Å². The average molecular weight is 222 g/mol. The highest BCUT2D eigenvalue weighted by molar-refractivity contribution is 7.90. The first-order valence-corrected chi connectivity index (χ1v) is 7.05. The molecule has 3 N–H and O–H groups in total. The van der Waals surface area contributed by atoms with Crippen LogP contribution in [0.15, 0.2) is 0 Å². The van der Waals surface area contributed by atoms with Crippen molar-refractivity contribution in [2.45, 2.75) is 39.2 Å². The number of sulfone groups is 1. The molecule has 0 aliphatic heterocycles. The Balaban J connectivity index is 3.74. The van der Waals surface area contributed by atoms with Gasteiger partial charge in [0.1, 0.15) is 9.84 Å². The van der Waals surface area contributed by atoms with E-state index in [-0.39, 0.29) is 11.8 Å². The van der Waals surface area contributed by atoms with Gasteiger partial charge in [-0.05, 0) is 25.2 Å². The second-order valence-corrected chi connectivity index (χ2v) is 6.52. The maximum atomic E-state index is 10.9. The van der Waals surface area contributed by atoms with Crippen LogP contribution in [0, 0.1) is 5.92 Å². The Bertz CT molecular complexity index is 237. The molecular weight excluding hydrogens is 200 g/mol. The lowest BCUT2D eigenvalue weighted by atomic mass is 10.0. The molecule has 4 nitrogen and oxygen atoms in total. The molecule has 1 atom stereocenters. The molecule has 0 radical (unpaired) electrons. The van der Waals surface area contributed by atoms with Crippen molar-refractivity contribution in [1.29, 1.82) is 0 Å². The quantitative estimate of drug-likeness (QED) is 0.491. The normalized spacial score (nSPS) is 14.6. The van der Waals surface area contributed by atoms with Gasteiger partial charge in [-0.25, -0.2) is 8.42 Å². The van der Waals surface area contributed by atoms with E-state index in [1.165, 1.54) is 6.26 Å². The molecule has 0 aromatic rings. The van der Waals surface area contributed by atoms with Crippen molar-refractivity contribution >= 4 is 9.84 Å². The molecule has 0 saturated carbocycles. The van der Waals surface area contributed by atoms with Crippen LogP contribution in [0.1, 0.15) is 33.1 Å². The van der Waals surface area contributed by atoms with E-state index in [0.29, 0.717) is 12.3 Å². The smallest absolute Gasteiger partial charge is 0.147 e. The lowest BCUT2D eigenvalue weighted by Gasteiger charge is -2.17. The van der Waals surface area contributed by atoms with Crippen LogP contribution in [-0.4, -0.2) is 26.5 Å². The Morgan fingerprint density at radius 1 is 1.36 bits per heavy atom. The Hall–Kier alpha value is -0.130. The summed E-state index contributed by atoms with van der Waals surface area (Å²) in [5.74, 6) is 6.20. The van der Waals surface area contributed by atoms with Crippen molar-refractivity contribution in [3.8, 4) is 0 Å². The minimum atomic E-state index is -2.83. The van der Waals surface area contributed by atoms with Gasteiger partial charge in [0.2, 0.25) is 0 Å². The molecule has 0 heterocycles. The monoisotopic (exact) mass is 222 g/mol. The van der Waals surface area contributed by atoms with Gasteiger partial charge in [-0.2, -0.15) is 0 Å². The van der Waals surface area contributed by atoms with Crippen molar-refractivity contribution in [2.75, 3.05) is 12.0 Å². The molecule has 0 amide bonds. The fourth-order valence-electron chi connectivity index (χ4n) is 1.43. The van der Waals surface area contributed by atoms with Gasteiger partial charge >= 0.3 is 0 Å². The Morgan fingerprint density at radius 2 is 1.93 bits per heavy atom. The number of nitrogens with two attached hydrogens (primary N) is 1. The third-order valence-electron chi connectivity index (χ3n) is 2.06. The number of hydrogen-bond acceptors (Lipinski definition) is 4. The molecule has 0 saturated heterocycles. The second kappa shape index (κ2) is 6.37. The molecule has 0 aromatic heterocycles. The second-order valence-electron chi connectivity index (χ2n) is 4.27. The molecule has 0 fully saturated rings. The molecule has 14 heavy (non-hydrogen) atoms. The zero-order chi connectivity index (χ0) is 11.2. The molecule has 0 aromatic carbocycles. The Morgan fingerprint density at radius 3 is 2.29 bits per heavy atom. The van der Waals surface area contributed by atoms with Crippen molar-refractivity contribution in [3.63, 3.8) is 0 Å². The summed E-state index contributed by atoms with van der Waals surface area (Å²) in [5, 5.41) is 0. The molecule has 86 valence electrons. The van der Waals surface area contributed by atoms with Crippen LogP contribution in [0.5, 0.6) is 0 Å². The van der Waals surface area contributed by atoms with Crippen LogP contribution < -0.4 is 11.3 Å². The van der Waals surface area contributed by atoms with Gasteiger partial charge in [0.25, 0.3) is 0 Å². The van der Waals surface area contributed by atoms with Crippen LogP contribution in [-0.2, 0) is 9.84 Å². The van der Waals surface area contributed by atoms with Gasteiger partial charge in [-0.1, -0.05) is 13.8 Å². The maximum absolute atomic E-state index is 10.9. The zero-order valence-corrected chi connectivity index (χ0v) is 10.1. The Labute approximate surface area is 87.1 Å². The van der Waals surface area contributed by atoms with E-state index < -0.39 is 9.84 Å². The highest BCUT2D eigenvalue weighted by Crippen LogP contribution is 2.09. The fourth-order valence-corrected chi connectivity index (χ4v) is 2.12. The van der Waals surface area contributed by atoms with E-state index in [1.807, 2.05) is 0 Å². The molecule has 1 unspecified atom stereocenters. The first kappa shape index (κ1) is 13.9. The van der Waals surface area contributed by atoms with Crippen molar-refractivity contribution < 1.29 is 8.42 Å². The maximum Gasteiger partial charge on any atom is 0.147 e. The van der Waals surface area contributed by atoms with Crippen LogP contribution in [0.2, 0.25) is 0 Å². The van der Waals surface area contributed by atoms with Crippen LogP contribution in [0.3, 0.4) is 0 Å². The first-order valence-electron chi connectivity index (χ1n) is 4.99. The van der Waals surface area contributed by atoms with Crippen LogP contribution in [0.4, 0.5) is 0 Å². The molecule has 0 bridgehead atoms. The molecule has 5 heteroatoms. The van der Waals surface area contributed by atoms with Crippen LogP contribution >= 0.6 is 0 Å². The minimum Gasteiger partial charge on any atom is -0.271 e. The fraction of sp³-hybridized carbons (Fsp3) is 1.00. The van der Waals surface area contributed by atoms with Gasteiger partial charge in [-0.3, -0.25) is 11.3 Å². The summed E-state index contributed by atoms with van der Waals surface area (Å²) in [5.41, 5.74) is 2.72. The summed E-state index contributed by atoms with van der Waals surface area (Å²) >= 11 is 0. The number of hydrazine groups is 1. The highest BCUT2D eigenvalue weighted by atomic mass is 32.2. The third-order valence-corrected chi connectivity index (χ3v) is 3.09. The lowest BCUT2D eigenvalue weighted by Crippen LogP contribution is -2.36. The summed E-state index contributed by atoms with van der Waals surface area (Å²) in [6.45, 7) is 4.25. The van der Waals surface area contributed by atoms with E-state index in [4.69, 9.17) is 5.84 Å². The summed E-state index contributed by atoms with van der Waals surface area (Å²) in [6, 6.07) is 0.233. The highest BCUT2D eigenvalue weighted by Gasteiger charge is 2.10. The first-order chi connectivity index (χ1) is 6.35. The zero-order valence-electron chi connectivity index (χ0n) is 9.29. The van der Waals surface area contributed by atoms with Gasteiger partial charge in [0.15, 0.2) is 0 Å². The van der Waals surface area contributed by atoms with Crippen LogP contribution in [0.25, 0.3) is 0 Å². The SMILES string of the molecule is CC(C)CC(CCCS(C)(=O)=O)NN. The predicted octanol–water partition coefficient (Wildman–Crippen LogP) is 0.689. The van der Waals surface area contributed by atoms with Gasteiger partial charge in [-0.15, -0.1) is 0 Å². The number of nitrogens with one attached hydrogen (secondary N) is 1. The summed E-state index contributed by atoms with van der Waals surface area (Å²) in [7, 11) is -2.83. The summed E-state index contributed by atoms with van der Waals surface area (Å²) in [6.07, 6.45) is 3.75. The van der Waals surface area contributed by atoms with Crippen molar-refractivity contribution in [3.05, 3.63) is 0 Å². The third kappa shape index (κ3) is 8.47. The largest absolute Gasteiger partial charge is 0.271 e. The van der Waals surface area contributed by atoms with Crippen molar-refractivity contribution in [2.24, 2.45) is 11.8 Å². The summed E-state index contributed by atoms with van der Waals surface area (Å²) < 4.78 is 21.7. The molecule has 0 rings (SSSR count). The van der Waals surface area contributed by atoms with Crippen molar-refractivity contribution in [1.82, 2.24) is 5.43 Å².